The summed E-state index contributed by atoms with van der Waals surface area (Å²) in [4.78, 5) is 11.1. The first kappa shape index (κ1) is 11.1. The highest BCUT2D eigenvalue weighted by Crippen LogP contribution is 2.41. The maximum Gasteiger partial charge on any atom is 0.392 e. The van der Waals surface area contributed by atoms with Crippen LogP contribution in [0.2, 0.25) is 0 Å². The molecule has 0 amide bonds. The first-order valence-corrected chi connectivity index (χ1v) is 4.54. The van der Waals surface area contributed by atoms with Crippen molar-refractivity contribution in [2.75, 3.05) is 0 Å². The fourth-order valence-corrected chi connectivity index (χ4v) is 1.94. The second kappa shape index (κ2) is 4.04. The van der Waals surface area contributed by atoms with Crippen LogP contribution in [0, 0.1) is 24.2 Å². The highest BCUT2D eigenvalue weighted by molar-refractivity contribution is 5.97. The molecule has 1 nitrogen and oxygen atoms in total. The van der Waals surface area contributed by atoms with Gasteiger partial charge in [0.25, 0.3) is 0 Å². The van der Waals surface area contributed by atoms with E-state index in [0.29, 0.717) is 12.8 Å². The first-order chi connectivity index (χ1) is 6.46. The fourth-order valence-electron chi connectivity index (χ4n) is 1.94. The number of rotatable bonds is 1. The predicted octanol–water partition coefficient (Wildman–Crippen LogP) is 2.56. The molecule has 0 radical (unpaired) electrons. The van der Waals surface area contributed by atoms with Gasteiger partial charge in [-0.25, -0.2) is 0 Å². The van der Waals surface area contributed by atoms with Gasteiger partial charge in [-0.1, -0.05) is 12.8 Å². The lowest BCUT2D eigenvalue weighted by atomic mass is 9.76. The average Bonchev–Trinajstić information content (AvgIpc) is 2.15. The van der Waals surface area contributed by atoms with Crippen molar-refractivity contribution < 1.29 is 18.0 Å². The van der Waals surface area contributed by atoms with Crippen LogP contribution >= 0.6 is 0 Å². The van der Waals surface area contributed by atoms with Gasteiger partial charge >= 0.3 is 6.18 Å². The quantitative estimate of drug-likeness (QED) is 0.474. The molecule has 0 saturated heterocycles. The van der Waals surface area contributed by atoms with Crippen LogP contribution in [0.4, 0.5) is 13.2 Å². The van der Waals surface area contributed by atoms with E-state index >= 15 is 0 Å². The van der Waals surface area contributed by atoms with Gasteiger partial charge in [0.2, 0.25) is 5.78 Å². The number of terminal acetylenes is 1. The maximum absolute atomic E-state index is 12.5. The number of hydrogen-bond donors (Lipinski definition) is 0. The van der Waals surface area contributed by atoms with Crippen molar-refractivity contribution in [3.63, 3.8) is 0 Å². The van der Waals surface area contributed by atoms with Crippen molar-refractivity contribution in [1.82, 2.24) is 0 Å². The monoisotopic (exact) mass is 204 g/mol. The Morgan fingerprint density at radius 1 is 1.29 bits per heavy atom. The van der Waals surface area contributed by atoms with Crippen LogP contribution in [0.1, 0.15) is 25.7 Å². The lowest BCUT2D eigenvalue weighted by Crippen LogP contribution is -2.36. The molecule has 2 unspecified atom stereocenters. The Labute approximate surface area is 80.7 Å². The third kappa shape index (κ3) is 2.28. The molecule has 0 aromatic carbocycles. The molecule has 1 rings (SSSR count). The summed E-state index contributed by atoms with van der Waals surface area (Å²) in [5, 5.41) is 0. The average molecular weight is 204 g/mol. The third-order valence-electron chi connectivity index (χ3n) is 2.67. The lowest BCUT2D eigenvalue weighted by Gasteiger charge is -2.30. The van der Waals surface area contributed by atoms with E-state index < -0.39 is 23.8 Å². The number of alkyl halides is 3. The van der Waals surface area contributed by atoms with Crippen LogP contribution in [-0.4, -0.2) is 12.0 Å². The van der Waals surface area contributed by atoms with Gasteiger partial charge in [0.15, 0.2) is 0 Å². The zero-order chi connectivity index (χ0) is 10.8. The van der Waals surface area contributed by atoms with Gasteiger partial charge in [0, 0.05) is 5.92 Å². The zero-order valence-electron chi connectivity index (χ0n) is 7.60. The largest absolute Gasteiger partial charge is 0.392 e. The Balaban J connectivity index is 2.80. The van der Waals surface area contributed by atoms with E-state index in [1.807, 2.05) is 0 Å². The molecular formula is C10H11F3O. The third-order valence-corrected chi connectivity index (χ3v) is 2.67. The topological polar surface area (TPSA) is 17.1 Å². The summed E-state index contributed by atoms with van der Waals surface area (Å²) in [6, 6.07) is 0. The lowest BCUT2D eigenvalue weighted by molar-refractivity contribution is -0.196. The molecule has 2 atom stereocenters. The van der Waals surface area contributed by atoms with E-state index in [4.69, 9.17) is 6.42 Å². The van der Waals surface area contributed by atoms with Gasteiger partial charge in [-0.05, 0) is 18.8 Å². The fraction of sp³-hybridized carbons (Fsp3) is 0.700. The van der Waals surface area contributed by atoms with Crippen molar-refractivity contribution in [3.05, 3.63) is 0 Å². The van der Waals surface area contributed by atoms with Crippen molar-refractivity contribution in [1.29, 1.82) is 0 Å². The Morgan fingerprint density at radius 3 is 2.36 bits per heavy atom. The molecule has 0 heterocycles. The maximum atomic E-state index is 12.5. The van der Waals surface area contributed by atoms with E-state index in [1.54, 1.807) is 5.92 Å². The summed E-state index contributed by atoms with van der Waals surface area (Å²) in [7, 11) is 0. The van der Waals surface area contributed by atoms with Gasteiger partial charge in [-0.2, -0.15) is 13.2 Å². The summed E-state index contributed by atoms with van der Waals surface area (Å²) >= 11 is 0. The van der Waals surface area contributed by atoms with Crippen LogP contribution in [0.25, 0.3) is 0 Å². The van der Waals surface area contributed by atoms with Crippen LogP contribution in [0.15, 0.2) is 0 Å². The molecule has 78 valence electrons. The summed E-state index contributed by atoms with van der Waals surface area (Å²) in [6.45, 7) is 0. The molecule has 1 saturated carbocycles. The van der Waals surface area contributed by atoms with Gasteiger partial charge in [-0.15, -0.1) is 6.42 Å². The summed E-state index contributed by atoms with van der Waals surface area (Å²) < 4.78 is 37.4. The summed E-state index contributed by atoms with van der Waals surface area (Å²) in [6.07, 6.45) is 2.03. The molecule has 0 N–H and O–H groups in total. The normalized spacial score (nSPS) is 28.1. The van der Waals surface area contributed by atoms with E-state index in [2.05, 4.69) is 0 Å². The van der Waals surface area contributed by atoms with E-state index in [-0.39, 0.29) is 12.8 Å². The number of ketones is 1. The van der Waals surface area contributed by atoms with Crippen molar-refractivity contribution >= 4 is 5.78 Å². The van der Waals surface area contributed by atoms with Crippen LogP contribution in [0.5, 0.6) is 0 Å². The minimum Gasteiger partial charge on any atom is -0.285 e. The molecule has 4 heteroatoms. The van der Waals surface area contributed by atoms with Gasteiger partial charge in [0.1, 0.15) is 0 Å². The van der Waals surface area contributed by atoms with Gasteiger partial charge in [-0.3, -0.25) is 4.79 Å². The number of halogens is 3. The van der Waals surface area contributed by atoms with Crippen molar-refractivity contribution in [3.8, 4) is 12.3 Å². The summed E-state index contributed by atoms with van der Waals surface area (Å²) in [5.41, 5.74) is 0. The minimum absolute atomic E-state index is 0.0294. The van der Waals surface area contributed by atoms with Crippen LogP contribution in [-0.2, 0) is 4.79 Å². The Bertz CT molecular complexity index is 262. The molecule has 0 aromatic heterocycles. The van der Waals surface area contributed by atoms with Crippen LogP contribution < -0.4 is 0 Å². The number of carbonyl (C=O) groups is 1. The number of Topliss-reactive ketones (excluding diaryl/α,β-unsaturated/α-hetero) is 1. The predicted molar refractivity (Wildman–Crippen MR) is 45.3 cm³/mol. The molecule has 0 aliphatic heterocycles. The first-order valence-electron chi connectivity index (χ1n) is 4.54. The molecule has 0 aromatic rings. The molecule has 0 bridgehead atoms. The van der Waals surface area contributed by atoms with Crippen molar-refractivity contribution in [2.45, 2.75) is 31.9 Å². The summed E-state index contributed by atoms with van der Waals surface area (Å²) in [5.74, 6) is -1.44. The number of carbonyl (C=O) groups excluding carboxylic acids is 1. The standard InChI is InChI=1S/C10H11F3O/c1-2-9(14)7-5-3-4-6-8(7)10(11,12)13/h1,7-8H,3-6H2. The zero-order valence-corrected chi connectivity index (χ0v) is 7.60. The van der Waals surface area contributed by atoms with Gasteiger partial charge < -0.3 is 0 Å². The minimum atomic E-state index is -4.29. The SMILES string of the molecule is C#CC(=O)C1CCCCC1C(F)(F)F. The van der Waals surface area contributed by atoms with E-state index in [0.717, 1.165) is 0 Å². The highest BCUT2D eigenvalue weighted by Gasteiger charge is 2.47. The molecule has 0 spiro atoms. The molecule has 1 aliphatic carbocycles. The Morgan fingerprint density at radius 2 is 1.86 bits per heavy atom. The second-order valence-electron chi connectivity index (χ2n) is 3.55. The van der Waals surface area contributed by atoms with E-state index in [1.165, 1.54) is 0 Å². The van der Waals surface area contributed by atoms with Gasteiger partial charge in [0.05, 0.1) is 5.92 Å². The Hall–Kier alpha value is -0.980. The smallest absolute Gasteiger partial charge is 0.285 e. The van der Waals surface area contributed by atoms with Crippen molar-refractivity contribution in [2.24, 2.45) is 11.8 Å². The molecular weight excluding hydrogens is 193 g/mol. The second-order valence-corrected chi connectivity index (χ2v) is 3.55. The molecule has 1 aliphatic rings. The number of hydrogen-bond acceptors (Lipinski definition) is 1. The van der Waals surface area contributed by atoms with E-state index in [9.17, 15) is 18.0 Å². The molecule has 14 heavy (non-hydrogen) atoms. The molecule has 1 fully saturated rings. The highest BCUT2D eigenvalue weighted by atomic mass is 19.4. The Kier molecular flexibility index (Phi) is 3.20. The van der Waals surface area contributed by atoms with Crippen LogP contribution in [0.3, 0.4) is 0 Å².